The smallest absolute Gasteiger partial charge is 0.323 e. The van der Waals surface area contributed by atoms with Gasteiger partial charge in [0.25, 0.3) is 0 Å². The summed E-state index contributed by atoms with van der Waals surface area (Å²) in [6, 6.07) is -0.581. The van der Waals surface area contributed by atoms with Crippen molar-refractivity contribution < 1.29 is 9.53 Å². The Kier molecular flexibility index (Phi) is 7.36. The standard InChI is InChI=1S/C7H13NO2.ClH/c1-4-5(2)6(8)7(9)10-3;/h4-6H,1,8H2,2-3H3;1H. The van der Waals surface area contributed by atoms with Crippen molar-refractivity contribution >= 4 is 18.4 Å². The van der Waals surface area contributed by atoms with Crippen molar-refractivity contribution in [3.05, 3.63) is 12.7 Å². The van der Waals surface area contributed by atoms with Gasteiger partial charge in [0.05, 0.1) is 7.11 Å². The zero-order valence-corrected chi connectivity index (χ0v) is 7.56. The first kappa shape index (κ1) is 13.1. The van der Waals surface area contributed by atoms with E-state index in [9.17, 15) is 4.79 Å². The predicted octanol–water partition coefficient (Wildman–Crippen LogP) is 0.731. The molecule has 0 rings (SSSR count). The molecule has 0 aromatic rings. The monoisotopic (exact) mass is 179 g/mol. The van der Waals surface area contributed by atoms with E-state index in [2.05, 4.69) is 11.3 Å². The van der Waals surface area contributed by atoms with Crippen LogP contribution in [0.15, 0.2) is 12.7 Å². The van der Waals surface area contributed by atoms with Gasteiger partial charge in [-0.3, -0.25) is 4.79 Å². The second-order valence-electron chi connectivity index (χ2n) is 2.14. The van der Waals surface area contributed by atoms with Gasteiger partial charge in [-0.05, 0) is 5.92 Å². The molecule has 0 radical (unpaired) electrons. The fourth-order valence-corrected chi connectivity index (χ4v) is 0.497. The molecule has 0 saturated heterocycles. The van der Waals surface area contributed by atoms with Crippen LogP contribution in [0.25, 0.3) is 0 Å². The number of nitrogens with two attached hydrogens (primary N) is 1. The van der Waals surface area contributed by atoms with Crippen LogP contribution in [-0.4, -0.2) is 19.1 Å². The molecule has 0 aliphatic rings. The normalized spacial score (nSPS) is 14.1. The quantitative estimate of drug-likeness (QED) is 0.514. The number of carbonyl (C=O) groups is 1. The first-order valence-corrected chi connectivity index (χ1v) is 3.09. The van der Waals surface area contributed by atoms with Gasteiger partial charge in [-0.2, -0.15) is 0 Å². The average molecular weight is 180 g/mol. The number of rotatable bonds is 3. The van der Waals surface area contributed by atoms with Crippen molar-refractivity contribution in [2.24, 2.45) is 11.7 Å². The molecule has 0 aliphatic heterocycles. The minimum atomic E-state index is -0.581. The van der Waals surface area contributed by atoms with E-state index in [1.165, 1.54) is 7.11 Å². The fourth-order valence-electron chi connectivity index (χ4n) is 0.497. The molecular formula is C7H14ClNO2. The van der Waals surface area contributed by atoms with Gasteiger partial charge < -0.3 is 10.5 Å². The van der Waals surface area contributed by atoms with Crippen molar-refractivity contribution in [1.82, 2.24) is 0 Å². The topological polar surface area (TPSA) is 52.3 Å². The highest BCUT2D eigenvalue weighted by atomic mass is 35.5. The van der Waals surface area contributed by atoms with Crippen molar-refractivity contribution in [3.8, 4) is 0 Å². The first-order chi connectivity index (χ1) is 4.63. The lowest BCUT2D eigenvalue weighted by Crippen LogP contribution is -2.36. The van der Waals surface area contributed by atoms with Gasteiger partial charge in [-0.15, -0.1) is 19.0 Å². The van der Waals surface area contributed by atoms with E-state index in [-0.39, 0.29) is 18.3 Å². The summed E-state index contributed by atoms with van der Waals surface area (Å²) >= 11 is 0. The molecule has 3 nitrogen and oxygen atoms in total. The maximum atomic E-state index is 10.7. The highest BCUT2D eigenvalue weighted by molar-refractivity contribution is 5.85. The van der Waals surface area contributed by atoms with Crippen LogP contribution in [0.4, 0.5) is 0 Å². The summed E-state index contributed by atoms with van der Waals surface area (Å²) in [4.78, 5) is 10.7. The molecule has 0 aliphatic carbocycles. The molecule has 0 fully saturated rings. The highest BCUT2D eigenvalue weighted by Gasteiger charge is 2.18. The number of esters is 1. The minimum absolute atomic E-state index is 0. The van der Waals surface area contributed by atoms with Gasteiger partial charge in [0.1, 0.15) is 6.04 Å². The van der Waals surface area contributed by atoms with E-state index in [1.807, 2.05) is 6.92 Å². The van der Waals surface area contributed by atoms with Crippen LogP contribution in [0.5, 0.6) is 0 Å². The lowest BCUT2D eigenvalue weighted by molar-refractivity contribution is -0.142. The summed E-state index contributed by atoms with van der Waals surface area (Å²) in [7, 11) is 1.32. The van der Waals surface area contributed by atoms with Crippen LogP contribution < -0.4 is 5.73 Å². The molecule has 4 heteroatoms. The second-order valence-corrected chi connectivity index (χ2v) is 2.14. The number of hydrogen-bond acceptors (Lipinski definition) is 3. The molecule has 0 spiro atoms. The Morgan fingerprint density at radius 2 is 2.18 bits per heavy atom. The maximum absolute atomic E-state index is 10.7. The van der Waals surface area contributed by atoms with E-state index in [0.717, 1.165) is 0 Å². The summed E-state index contributed by atoms with van der Waals surface area (Å²) in [6.45, 7) is 5.32. The van der Waals surface area contributed by atoms with Crippen molar-refractivity contribution in [2.75, 3.05) is 7.11 Å². The van der Waals surface area contributed by atoms with E-state index >= 15 is 0 Å². The zero-order valence-electron chi connectivity index (χ0n) is 6.74. The molecular weight excluding hydrogens is 166 g/mol. The first-order valence-electron chi connectivity index (χ1n) is 3.09. The van der Waals surface area contributed by atoms with Crippen molar-refractivity contribution in [3.63, 3.8) is 0 Å². The van der Waals surface area contributed by atoms with Crippen LogP contribution in [0.3, 0.4) is 0 Å². The Bertz CT molecular complexity index is 138. The second kappa shape index (κ2) is 6.19. The van der Waals surface area contributed by atoms with Gasteiger partial charge in [0, 0.05) is 0 Å². The maximum Gasteiger partial charge on any atom is 0.323 e. The number of hydrogen-bond donors (Lipinski definition) is 1. The molecule has 0 aromatic carbocycles. The third-order valence-corrected chi connectivity index (χ3v) is 1.41. The molecule has 11 heavy (non-hydrogen) atoms. The fraction of sp³-hybridized carbons (Fsp3) is 0.571. The summed E-state index contributed by atoms with van der Waals surface area (Å²) in [6.07, 6.45) is 1.63. The molecule has 0 amide bonds. The average Bonchev–Trinajstić information content (AvgIpc) is 2.00. The lowest BCUT2D eigenvalue weighted by Gasteiger charge is -2.12. The summed E-state index contributed by atoms with van der Waals surface area (Å²) < 4.78 is 4.42. The molecule has 66 valence electrons. The number of carbonyl (C=O) groups excluding carboxylic acids is 1. The SMILES string of the molecule is C=CC(C)C(N)C(=O)OC.Cl. The Morgan fingerprint density at radius 1 is 1.73 bits per heavy atom. The summed E-state index contributed by atoms with van der Waals surface area (Å²) in [5.41, 5.74) is 5.44. The van der Waals surface area contributed by atoms with Crippen LogP contribution in [0.1, 0.15) is 6.92 Å². The molecule has 2 N–H and O–H groups in total. The van der Waals surface area contributed by atoms with Gasteiger partial charge in [-0.1, -0.05) is 13.0 Å². The third kappa shape index (κ3) is 4.01. The largest absolute Gasteiger partial charge is 0.468 e. The van der Waals surface area contributed by atoms with Crippen LogP contribution in [0, 0.1) is 5.92 Å². The molecule has 2 atom stereocenters. The van der Waals surface area contributed by atoms with E-state index in [4.69, 9.17) is 5.73 Å². The van der Waals surface area contributed by atoms with Crippen LogP contribution >= 0.6 is 12.4 Å². The zero-order chi connectivity index (χ0) is 8.15. The molecule has 2 unspecified atom stereocenters. The lowest BCUT2D eigenvalue weighted by atomic mass is 10.0. The summed E-state index contributed by atoms with van der Waals surface area (Å²) in [5, 5.41) is 0. The third-order valence-electron chi connectivity index (χ3n) is 1.41. The van der Waals surface area contributed by atoms with Crippen LogP contribution in [-0.2, 0) is 9.53 Å². The summed E-state index contributed by atoms with van der Waals surface area (Å²) in [5.74, 6) is -0.431. The van der Waals surface area contributed by atoms with Gasteiger partial charge in [0.2, 0.25) is 0 Å². The van der Waals surface area contributed by atoms with Gasteiger partial charge in [0.15, 0.2) is 0 Å². The minimum Gasteiger partial charge on any atom is -0.468 e. The number of ether oxygens (including phenoxy) is 1. The highest BCUT2D eigenvalue weighted by Crippen LogP contribution is 2.01. The molecule has 0 saturated carbocycles. The predicted molar refractivity (Wildman–Crippen MR) is 46.6 cm³/mol. The molecule has 0 aromatic heterocycles. The molecule has 0 bridgehead atoms. The van der Waals surface area contributed by atoms with E-state index in [1.54, 1.807) is 6.08 Å². The Labute approximate surface area is 73.0 Å². The molecule has 0 heterocycles. The van der Waals surface area contributed by atoms with Gasteiger partial charge >= 0.3 is 5.97 Å². The van der Waals surface area contributed by atoms with Crippen LogP contribution in [0.2, 0.25) is 0 Å². The number of halogens is 1. The Balaban J connectivity index is 0. The number of methoxy groups -OCH3 is 1. The van der Waals surface area contributed by atoms with Crippen molar-refractivity contribution in [2.45, 2.75) is 13.0 Å². The van der Waals surface area contributed by atoms with Crippen molar-refractivity contribution in [1.29, 1.82) is 0 Å². The van der Waals surface area contributed by atoms with Gasteiger partial charge in [-0.25, -0.2) is 0 Å². The van der Waals surface area contributed by atoms with E-state index in [0.29, 0.717) is 0 Å². The Morgan fingerprint density at radius 3 is 2.45 bits per heavy atom. The van der Waals surface area contributed by atoms with E-state index < -0.39 is 12.0 Å². The Hall–Kier alpha value is -0.540.